The highest BCUT2D eigenvalue weighted by molar-refractivity contribution is 5.90. The van der Waals surface area contributed by atoms with Gasteiger partial charge in [-0.15, -0.1) is 5.10 Å². The van der Waals surface area contributed by atoms with Gasteiger partial charge in [-0.3, -0.25) is 14.3 Å². The molecular formula is C35H55N11O3. The Morgan fingerprint density at radius 1 is 1.00 bits per heavy atom. The van der Waals surface area contributed by atoms with Crippen LogP contribution < -0.4 is 27.0 Å². The summed E-state index contributed by atoms with van der Waals surface area (Å²) in [5.41, 5.74) is 7.54. The Morgan fingerprint density at radius 2 is 1.80 bits per heavy atom. The quantitative estimate of drug-likeness (QED) is 0.0927. The maximum Gasteiger partial charge on any atom is 0.322 e. The van der Waals surface area contributed by atoms with Crippen LogP contribution in [0.3, 0.4) is 0 Å². The molecule has 14 heteroatoms. The Morgan fingerprint density at radius 3 is 2.61 bits per heavy atom. The second-order valence-corrected chi connectivity index (χ2v) is 13.2. The van der Waals surface area contributed by atoms with Crippen molar-refractivity contribution in [2.45, 2.75) is 109 Å². The Balaban J connectivity index is 1.03. The molecule has 49 heavy (non-hydrogen) atoms. The van der Waals surface area contributed by atoms with Gasteiger partial charge in [-0.05, 0) is 83.6 Å². The van der Waals surface area contributed by atoms with Gasteiger partial charge in [0.15, 0.2) is 0 Å². The zero-order valence-electron chi connectivity index (χ0n) is 29.0. The van der Waals surface area contributed by atoms with Gasteiger partial charge in [0.25, 0.3) is 0 Å². The Bertz CT molecular complexity index is 1450. The number of aromatic nitrogens is 5. The number of benzene rings is 1. The van der Waals surface area contributed by atoms with E-state index in [1.807, 2.05) is 40.0 Å². The van der Waals surface area contributed by atoms with Crippen LogP contribution in [0.15, 0.2) is 30.5 Å². The second-order valence-electron chi connectivity index (χ2n) is 13.2. The molecule has 2 fully saturated rings. The van der Waals surface area contributed by atoms with Crippen LogP contribution in [0.2, 0.25) is 0 Å². The van der Waals surface area contributed by atoms with Crippen molar-refractivity contribution in [3.05, 3.63) is 36.2 Å². The first-order valence-electron chi connectivity index (χ1n) is 18.3. The first kappa shape index (κ1) is 36.4. The fourth-order valence-corrected chi connectivity index (χ4v) is 6.55. The fraction of sp³-hybridized carbons (Fsp3) is 0.657. The molecule has 0 spiro atoms. The van der Waals surface area contributed by atoms with E-state index in [2.05, 4.69) is 31.6 Å². The summed E-state index contributed by atoms with van der Waals surface area (Å²) in [6.07, 6.45) is 13.0. The lowest BCUT2D eigenvalue weighted by Crippen LogP contribution is -2.43. The summed E-state index contributed by atoms with van der Waals surface area (Å²) in [4.78, 5) is 36.0. The van der Waals surface area contributed by atoms with Gasteiger partial charge in [-0.25, -0.2) is 4.98 Å². The fourth-order valence-electron chi connectivity index (χ4n) is 6.55. The van der Waals surface area contributed by atoms with Gasteiger partial charge in [0.2, 0.25) is 11.9 Å². The highest BCUT2D eigenvalue weighted by Crippen LogP contribution is 2.25. The highest BCUT2D eigenvalue weighted by atomic mass is 16.5. The largest absolute Gasteiger partial charge is 0.465 e. The number of rotatable bonds is 19. The molecule has 1 saturated heterocycles. The molecule has 268 valence electrons. The van der Waals surface area contributed by atoms with Crippen LogP contribution in [0.1, 0.15) is 83.2 Å². The molecule has 14 nitrogen and oxygen atoms in total. The molecule has 1 amide bonds. The number of fused-ring (bicyclic) bond motifs is 1. The molecule has 1 aliphatic heterocycles. The number of nitrogens with zero attached hydrogens (tertiary/aromatic N) is 6. The molecule has 6 N–H and O–H groups in total. The monoisotopic (exact) mass is 677 g/mol. The Labute approximate surface area is 289 Å². The number of hydrogen-bond acceptors (Lipinski definition) is 12. The van der Waals surface area contributed by atoms with E-state index in [0.29, 0.717) is 25.6 Å². The first-order chi connectivity index (χ1) is 24.0. The number of anilines is 2. The minimum Gasteiger partial charge on any atom is -0.465 e. The van der Waals surface area contributed by atoms with Crippen molar-refractivity contribution in [3.8, 4) is 0 Å². The zero-order valence-corrected chi connectivity index (χ0v) is 29.0. The average Bonchev–Trinajstić information content (AvgIpc) is 3.59. The van der Waals surface area contributed by atoms with Crippen molar-refractivity contribution in [2.75, 3.05) is 50.0 Å². The molecule has 3 heterocycles. The second kappa shape index (κ2) is 19.3. The summed E-state index contributed by atoms with van der Waals surface area (Å²) < 4.78 is 6.84. The van der Waals surface area contributed by atoms with E-state index >= 15 is 0 Å². The molecule has 3 aromatic rings. The van der Waals surface area contributed by atoms with E-state index in [-0.39, 0.29) is 31.4 Å². The summed E-state index contributed by atoms with van der Waals surface area (Å²) in [6, 6.07) is 8.06. The van der Waals surface area contributed by atoms with Gasteiger partial charge in [0, 0.05) is 43.5 Å². The van der Waals surface area contributed by atoms with E-state index in [1.165, 1.54) is 32.1 Å². The molecule has 0 unspecified atom stereocenters. The van der Waals surface area contributed by atoms with E-state index < -0.39 is 12.0 Å². The van der Waals surface area contributed by atoms with Crippen molar-refractivity contribution in [1.82, 2.24) is 40.5 Å². The lowest BCUT2D eigenvalue weighted by atomic mass is 9.95. The van der Waals surface area contributed by atoms with Crippen LogP contribution in [0, 0.1) is 0 Å². The van der Waals surface area contributed by atoms with Crippen LogP contribution in [0.25, 0.3) is 10.9 Å². The van der Waals surface area contributed by atoms with Gasteiger partial charge in [-0.2, -0.15) is 4.98 Å². The molecule has 1 aromatic carbocycles. The van der Waals surface area contributed by atoms with E-state index in [0.717, 1.165) is 80.3 Å². The molecule has 2 aromatic heterocycles. The number of ether oxygens (including phenoxy) is 1. The number of amides is 1. The number of hydrogen-bond donors (Lipinski definition) is 5. The summed E-state index contributed by atoms with van der Waals surface area (Å²) in [5.74, 6) is 0.832. The molecule has 0 radical (unpaired) electrons. The van der Waals surface area contributed by atoms with Gasteiger partial charge < -0.3 is 36.6 Å². The standard InChI is InChI=1S/C35H55N11O3/c1-2-49-34(48)30(36)14-15-32(47)45-22-16-27(17-23-45)40-33-29-12-6-7-13-31(29)41-35(42-33)39-24-28-25-46(44-43-28)21-9-19-37-18-8-20-38-26-10-4-3-5-11-26/h6-7,12-13,25-27,30,37-38H,2-5,8-11,14-24,36H2,1H3,(H2,39,40,41,42)/t30-/m0/s1. The SMILES string of the molecule is CCOC(=O)[C@@H](N)CCC(=O)N1CCC(Nc2nc(NCc3cn(CCCNCCCNC4CCCCC4)nn3)nc3ccccc23)CC1. The molecule has 1 atom stereocenters. The lowest BCUT2D eigenvalue weighted by Gasteiger charge is -2.33. The van der Waals surface area contributed by atoms with E-state index in [4.69, 9.17) is 20.4 Å². The minimum absolute atomic E-state index is 0.0128. The van der Waals surface area contributed by atoms with Gasteiger partial charge in [0.05, 0.1) is 24.9 Å². The number of esters is 1. The van der Waals surface area contributed by atoms with Crippen LogP contribution in [-0.2, 0) is 27.4 Å². The van der Waals surface area contributed by atoms with Gasteiger partial charge in [0.1, 0.15) is 17.6 Å². The van der Waals surface area contributed by atoms with Crippen LogP contribution in [0.5, 0.6) is 0 Å². The number of carbonyl (C=O) groups excluding carboxylic acids is 2. The predicted molar refractivity (Wildman–Crippen MR) is 191 cm³/mol. The number of para-hydroxylation sites is 1. The van der Waals surface area contributed by atoms with Gasteiger partial charge >= 0.3 is 5.97 Å². The first-order valence-corrected chi connectivity index (χ1v) is 18.3. The summed E-state index contributed by atoms with van der Waals surface area (Å²) in [5, 5.41) is 23.8. The maximum atomic E-state index is 12.8. The van der Waals surface area contributed by atoms with Crippen molar-refractivity contribution in [3.63, 3.8) is 0 Å². The third kappa shape index (κ3) is 11.6. The van der Waals surface area contributed by atoms with E-state index in [1.54, 1.807) is 6.92 Å². The van der Waals surface area contributed by atoms with Crippen LogP contribution in [0.4, 0.5) is 11.8 Å². The topological polar surface area (TPSA) is 177 Å². The lowest BCUT2D eigenvalue weighted by molar-refractivity contribution is -0.145. The number of likely N-dealkylation sites (tertiary alicyclic amines) is 1. The number of nitrogens with one attached hydrogen (secondary N) is 4. The molecule has 5 rings (SSSR count). The summed E-state index contributed by atoms with van der Waals surface area (Å²) >= 11 is 0. The minimum atomic E-state index is -0.774. The molecule has 1 aliphatic carbocycles. The number of nitrogens with two attached hydrogens (primary N) is 1. The van der Waals surface area contributed by atoms with Crippen molar-refractivity contribution >= 4 is 34.5 Å². The number of aryl methyl sites for hydroxylation is 1. The van der Waals surface area contributed by atoms with Crippen molar-refractivity contribution < 1.29 is 14.3 Å². The molecule has 0 bridgehead atoms. The molecule has 1 saturated carbocycles. The van der Waals surface area contributed by atoms with E-state index in [9.17, 15) is 9.59 Å². The summed E-state index contributed by atoms with van der Waals surface area (Å²) in [7, 11) is 0. The smallest absolute Gasteiger partial charge is 0.322 e. The third-order valence-corrected chi connectivity index (χ3v) is 9.37. The van der Waals surface area contributed by atoms with Gasteiger partial charge in [-0.1, -0.05) is 36.6 Å². The number of carbonyl (C=O) groups is 2. The predicted octanol–water partition coefficient (Wildman–Crippen LogP) is 3.20. The highest BCUT2D eigenvalue weighted by Gasteiger charge is 2.25. The van der Waals surface area contributed by atoms with Crippen LogP contribution in [-0.4, -0.2) is 99.2 Å². The number of piperidine rings is 1. The van der Waals surface area contributed by atoms with Crippen LogP contribution >= 0.6 is 0 Å². The average molecular weight is 678 g/mol. The zero-order chi connectivity index (χ0) is 34.3. The maximum absolute atomic E-state index is 12.8. The normalized spacial score (nSPS) is 16.5. The molecular weight excluding hydrogens is 622 g/mol. The van der Waals surface area contributed by atoms with Crippen molar-refractivity contribution in [1.29, 1.82) is 0 Å². The Hall–Kier alpha value is -3.88. The molecule has 2 aliphatic rings. The third-order valence-electron chi connectivity index (χ3n) is 9.37. The Kier molecular flexibility index (Phi) is 14.4. The van der Waals surface area contributed by atoms with Crippen molar-refractivity contribution in [2.24, 2.45) is 5.73 Å². The summed E-state index contributed by atoms with van der Waals surface area (Å²) in [6.45, 7) is 7.63.